The van der Waals surface area contributed by atoms with Crippen LogP contribution in [0.25, 0.3) is 0 Å². The van der Waals surface area contributed by atoms with Gasteiger partial charge in [-0.15, -0.1) is 0 Å². The summed E-state index contributed by atoms with van der Waals surface area (Å²) < 4.78 is 0. The Balaban J connectivity index is 5.20. The summed E-state index contributed by atoms with van der Waals surface area (Å²) in [5.74, 6) is -1.02. The van der Waals surface area contributed by atoms with Crippen molar-refractivity contribution in [3.63, 3.8) is 0 Å². The Hall–Kier alpha value is -1.92. The summed E-state index contributed by atoms with van der Waals surface area (Å²) in [5, 5.41) is 18.7. The maximum atomic E-state index is 10.8. The predicted molar refractivity (Wildman–Crippen MR) is 58.6 cm³/mol. The molecule has 15 heavy (non-hydrogen) atoms. The van der Waals surface area contributed by atoms with Crippen molar-refractivity contribution in [3.05, 3.63) is 0 Å². The van der Waals surface area contributed by atoms with Gasteiger partial charge in [0.2, 0.25) is 11.9 Å². The van der Waals surface area contributed by atoms with E-state index < -0.39 is 17.3 Å². The van der Waals surface area contributed by atoms with Crippen molar-refractivity contribution < 1.29 is 4.79 Å². The highest BCUT2D eigenvalue weighted by molar-refractivity contribution is 6.30. The van der Waals surface area contributed by atoms with Gasteiger partial charge in [0.15, 0.2) is 6.29 Å². The van der Waals surface area contributed by atoms with Crippen molar-refractivity contribution in [2.45, 2.75) is 20.8 Å². The maximum absolute atomic E-state index is 10.8. The fourth-order valence-corrected chi connectivity index (χ4v) is 0.696. The largest absolute Gasteiger partial charge is 0.368 e. The number of nitrogens with two attached hydrogens (primary N) is 2. The zero-order chi connectivity index (χ0) is 12.2. The number of nitrogens with zero attached hydrogens (tertiary/aromatic N) is 2. The second kappa shape index (κ2) is 4.54. The third kappa shape index (κ3) is 3.75. The molecule has 0 amide bonds. The summed E-state index contributed by atoms with van der Waals surface area (Å²) in [5.41, 5.74) is 9.96. The van der Waals surface area contributed by atoms with Crippen molar-refractivity contribution in [2.24, 2.45) is 22.0 Å². The molecule has 0 rings (SSSR count). The molecule has 0 aromatic rings. The second-order valence-corrected chi connectivity index (χ2v) is 3.94. The molecule has 0 aliphatic carbocycles. The normalized spacial score (nSPS) is 12.1. The Morgan fingerprint density at radius 3 is 1.87 bits per heavy atom. The molecular weight excluding hydrogens is 196 g/mol. The standard InChI is InChI=1S/C8H16N6O/c1-8(2,3)5(4-15)13-14(6(9)10)7(11)12/h4H,1-3H3,(H3,9,10)(H3,11,12)/b13-5+. The average molecular weight is 212 g/mol. The first-order chi connectivity index (χ1) is 6.70. The number of hydrogen-bond acceptors (Lipinski definition) is 4. The number of rotatable bonds is 2. The van der Waals surface area contributed by atoms with Crippen molar-refractivity contribution >= 4 is 23.9 Å². The molecule has 0 spiro atoms. The molecule has 0 atom stereocenters. The van der Waals surface area contributed by atoms with Crippen LogP contribution in [0, 0.1) is 16.2 Å². The van der Waals surface area contributed by atoms with Crippen molar-refractivity contribution in [2.75, 3.05) is 0 Å². The molecule has 84 valence electrons. The molecule has 0 aliphatic heterocycles. The molecule has 6 N–H and O–H groups in total. The molecular formula is C8H16N6O. The zero-order valence-electron chi connectivity index (χ0n) is 9.03. The van der Waals surface area contributed by atoms with Gasteiger partial charge in [-0.25, -0.2) is 0 Å². The summed E-state index contributed by atoms with van der Waals surface area (Å²) in [7, 11) is 0. The molecule has 0 saturated carbocycles. The molecule has 0 aromatic carbocycles. The van der Waals surface area contributed by atoms with Crippen LogP contribution in [0.15, 0.2) is 5.10 Å². The Morgan fingerprint density at radius 2 is 1.67 bits per heavy atom. The lowest BCUT2D eigenvalue weighted by molar-refractivity contribution is -0.103. The minimum Gasteiger partial charge on any atom is -0.368 e. The Bertz CT molecular complexity index is 300. The van der Waals surface area contributed by atoms with E-state index in [2.05, 4.69) is 5.10 Å². The van der Waals surface area contributed by atoms with Gasteiger partial charge in [-0.05, 0) is 0 Å². The molecule has 0 saturated heterocycles. The van der Waals surface area contributed by atoms with E-state index >= 15 is 0 Å². The first kappa shape index (κ1) is 13.1. The fraction of sp³-hybridized carbons (Fsp3) is 0.500. The van der Waals surface area contributed by atoms with Crippen LogP contribution in [0.3, 0.4) is 0 Å². The lowest BCUT2D eigenvalue weighted by Gasteiger charge is -2.21. The number of carbonyl (C=O) groups excluding carboxylic acids is 1. The van der Waals surface area contributed by atoms with Crippen LogP contribution >= 0.6 is 0 Å². The van der Waals surface area contributed by atoms with Crippen LogP contribution in [0.4, 0.5) is 0 Å². The number of carbonyl (C=O) groups is 1. The van der Waals surface area contributed by atoms with E-state index in [1.54, 1.807) is 20.8 Å². The van der Waals surface area contributed by atoms with E-state index in [-0.39, 0.29) is 5.71 Å². The van der Waals surface area contributed by atoms with Crippen LogP contribution in [0.1, 0.15) is 20.8 Å². The van der Waals surface area contributed by atoms with E-state index in [1.165, 1.54) is 0 Å². The lowest BCUT2D eigenvalue weighted by Crippen LogP contribution is -2.43. The number of guanidine groups is 2. The first-order valence-corrected chi connectivity index (χ1v) is 4.22. The highest BCUT2D eigenvalue weighted by Gasteiger charge is 2.21. The van der Waals surface area contributed by atoms with Crippen LogP contribution in [0.5, 0.6) is 0 Å². The van der Waals surface area contributed by atoms with Crippen LogP contribution in [-0.4, -0.2) is 28.9 Å². The van der Waals surface area contributed by atoms with Gasteiger partial charge in [0.25, 0.3) is 0 Å². The minimum atomic E-state index is -0.508. The monoisotopic (exact) mass is 212 g/mol. The molecule has 0 heterocycles. The van der Waals surface area contributed by atoms with Gasteiger partial charge in [-0.3, -0.25) is 15.6 Å². The molecule has 7 heteroatoms. The first-order valence-electron chi connectivity index (χ1n) is 4.22. The van der Waals surface area contributed by atoms with Crippen LogP contribution in [0.2, 0.25) is 0 Å². The Labute approximate surface area is 88.1 Å². The SMILES string of the molecule is CC(C)(C)/C(C=O)=N/N(C(=N)N)C(=N)N. The zero-order valence-corrected chi connectivity index (χ0v) is 9.03. The quantitative estimate of drug-likeness (QED) is 0.216. The topological polar surface area (TPSA) is 132 Å². The van der Waals surface area contributed by atoms with E-state index in [1.807, 2.05) is 0 Å². The van der Waals surface area contributed by atoms with Gasteiger partial charge in [0, 0.05) is 5.41 Å². The number of aldehydes is 1. The summed E-state index contributed by atoms with van der Waals surface area (Å²) in [6.07, 6.45) is 0.554. The van der Waals surface area contributed by atoms with E-state index in [0.29, 0.717) is 11.3 Å². The van der Waals surface area contributed by atoms with Gasteiger partial charge < -0.3 is 11.5 Å². The van der Waals surface area contributed by atoms with Gasteiger partial charge in [-0.1, -0.05) is 20.8 Å². The summed E-state index contributed by atoms with van der Waals surface area (Å²) >= 11 is 0. The predicted octanol–water partition coefficient (Wildman–Crippen LogP) is -0.324. The summed E-state index contributed by atoms with van der Waals surface area (Å²) in [4.78, 5) is 10.8. The van der Waals surface area contributed by atoms with Crippen molar-refractivity contribution in [1.82, 2.24) is 5.01 Å². The molecule has 0 unspecified atom stereocenters. The third-order valence-corrected chi connectivity index (χ3v) is 1.54. The molecule has 0 aromatic heterocycles. The molecule has 0 aliphatic rings. The van der Waals surface area contributed by atoms with Crippen LogP contribution in [-0.2, 0) is 4.79 Å². The van der Waals surface area contributed by atoms with Gasteiger partial charge in [-0.2, -0.15) is 10.1 Å². The highest BCUT2D eigenvalue weighted by atomic mass is 16.1. The third-order valence-electron chi connectivity index (χ3n) is 1.54. The van der Waals surface area contributed by atoms with Gasteiger partial charge in [0.1, 0.15) is 5.71 Å². The van der Waals surface area contributed by atoms with E-state index in [0.717, 1.165) is 0 Å². The fourth-order valence-electron chi connectivity index (χ4n) is 0.696. The highest BCUT2D eigenvalue weighted by Crippen LogP contribution is 2.15. The average Bonchev–Trinajstić information content (AvgIpc) is 2.01. The van der Waals surface area contributed by atoms with Gasteiger partial charge in [0.05, 0.1) is 0 Å². The van der Waals surface area contributed by atoms with Crippen molar-refractivity contribution in [3.8, 4) is 0 Å². The van der Waals surface area contributed by atoms with E-state index in [4.69, 9.17) is 22.3 Å². The maximum Gasteiger partial charge on any atom is 0.216 e. The molecule has 0 radical (unpaired) electrons. The van der Waals surface area contributed by atoms with Crippen molar-refractivity contribution in [1.29, 1.82) is 10.8 Å². The number of hydrogen-bond donors (Lipinski definition) is 4. The lowest BCUT2D eigenvalue weighted by atomic mass is 9.91. The summed E-state index contributed by atoms with van der Waals surface area (Å²) in [6.45, 7) is 5.33. The number of hydrazone groups is 1. The summed E-state index contributed by atoms with van der Waals surface area (Å²) in [6, 6.07) is 0. The Kier molecular flexibility index (Phi) is 3.96. The minimum absolute atomic E-state index is 0.160. The van der Waals surface area contributed by atoms with E-state index in [9.17, 15) is 4.79 Å². The molecule has 0 fully saturated rings. The molecule has 0 bridgehead atoms. The van der Waals surface area contributed by atoms with Crippen LogP contribution < -0.4 is 11.5 Å². The number of nitrogens with one attached hydrogen (secondary N) is 2. The molecule has 7 nitrogen and oxygen atoms in total. The Morgan fingerprint density at radius 1 is 1.27 bits per heavy atom. The second-order valence-electron chi connectivity index (χ2n) is 3.94. The smallest absolute Gasteiger partial charge is 0.216 e. The van der Waals surface area contributed by atoms with Gasteiger partial charge >= 0.3 is 0 Å².